The number of hydrogen-bond donors (Lipinski definition) is 4. The smallest absolute Gasteiger partial charge is 0.335 e. The predicted molar refractivity (Wildman–Crippen MR) is 151 cm³/mol. The maximum absolute atomic E-state index is 12.6. The lowest BCUT2D eigenvalue weighted by atomic mass is 10.1. The number of anilines is 3. The number of carbonyl (C=O) groups is 3. The highest BCUT2D eigenvalue weighted by atomic mass is 16.5. The molecule has 0 bridgehead atoms. The fraction of sp³-hybridized carbons (Fsp3) is 0.276. The first-order valence-corrected chi connectivity index (χ1v) is 12.3. The van der Waals surface area contributed by atoms with Crippen molar-refractivity contribution in [1.82, 2.24) is 5.32 Å². The largest absolute Gasteiger partial charge is 0.495 e. The van der Waals surface area contributed by atoms with Crippen LogP contribution in [0.5, 0.6) is 11.5 Å². The van der Waals surface area contributed by atoms with Gasteiger partial charge in [-0.1, -0.05) is 24.3 Å². The van der Waals surface area contributed by atoms with Crippen LogP contribution in [-0.4, -0.2) is 56.9 Å². The summed E-state index contributed by atoms with van der Waals surface area (Å²) in [7, 11) is 5.08. The van der Waals surface area contributed by atoms with E-state index in [1.54, 1.807) is 50.2 Å². The number of urea groups is 1. The first kappa shape index (κ1) is 29.0. The summed E-state index contributed by atoms with van der Waals surface area (Å²) >= 11 is 0. The molecule has 0 aliphatic heterocycles. The van der Waals surface area contributed by atoms with E-state index < -0.39 is 18.2 Å². The van der Waals surface area contributed by atoms with Gasteiger partial charge in [0.1, 0.15) is 17.7 Å². The van der Waals surface area contributed by atoms with Gasteiger partial charge in [-0.3, -0.25) is 10.1 Å². The van der Waals surface area contributed by atoms with Crippen LogP contribution in [0.25, 0.3) is 0 Å². The highest BCUT2D eigenvalue weighted by molar-refractivity contribution is 6.01. The van der Waals surface area contributed by atoms with E-state index in [1.165, 1.54) is 19.2 Å². The summed E-state index contributed by atoms with van der Waals surface area (Å²) in [5.41, 5.74) is 3.63. The maximum Gasteiger partial charge on any atom is 0.335 e. The van der Waals surface area contributed by atoms with Crippen LogP contribution in [0, 0.1) is 6.92 Å². The SMILES string of the molecule is COc1cc(CC(=O)CNC(C)Oc2ccc(C(=O)O)cc2N(C)C)ccc1NC(=O)Nc1ccccc1C. The molecule has 1 unspecified atom stereocenters. The Morgan fingerprint density at radius 3 is 2.33 bits per heavy atom. The topological polar surface area (TPSA) is 129 Å². The maximum atomic E-state index is 12.6. The number of carboxylic acids is 1. The summed E-state index contributed by atoms with van der Waals surface area (Å²) in [6.45, 7) is 3.74. The Bertz CT molecular complexity index is 1340. The number of ketones is 1. The van der Waals surface area contributed by atoms with Crippen molar-refractivity contribution in [1.29, 1.82) is 0 Å². The van der Waals surface area contributed by atoms with E-state index in [4.69, 9.17) is 9.47 Å². The Balaban J connectivity index is 1.55. The minimum Gasteiger partial charge on any atom is -0.495 e. The van der Waals surface area contributed by atoms with E-state index in [0.29, 0.717) is 28.6 Å². The zero-order chi connectivity index (χ0) is 28.5. The molecule has 3 aromatic carbocycles. The molecule has 39 heavy (non-hydrogen) atoms. The molecular weight excluding hydrogens is 500 g/mol. The second-order valence-electron chi connectivity index (χ2n) is 9.17. The monoisotopic (exact) mass is 534 g/mol. The van der Waals surface area contributed by atoms with E-state index in [0.717, 1.165) is 11.1 Å². The molecule has 0 saturated carbocycles. The summed E-state index contributed by atoms with van der Waals surface area (Å²) in [5.74, 6) is -0.158. The Hall–Kier alpha value is -4.57. The van der Waals surface area contributed by atoms with Gasteiger partial charge in [0.2, 0.25) is 0 Å². The lowest BCUT2D eigenvalue weighted by Crippen LogP contribution is -2.36. The number of nitrogens with one attached hydrogen (secondary N) is 3. The third-order valence-corrected chi connectivity index (χ3v) is 5.89. The van der Waals surface area contributed by atoms with Crippen molar-refractivity contribution >= 4 is 34.8 Å². The Morgan fingerprint density at radius 2 is 1.67 bits per heavy atom. The molecule has 0 radical (unpaired) electrons. The number of rotatable bonds is 12. The lowest BCUT2D eigenvalue weighted by Gasteiger charge is -2.22. The van der Waals surface area contributed by atoms with Crippen LogP contribution in [0.4, 0.5) is 21.9 Å². The van der Waals surface area contributed by atoms with E-state index in [-0.39, 0.29) is 24.3 Å². The molecule has 3 aromatic rings. The third kappa shape index (κ3) is 8.21. The van der Waals surface area contributed by atoms with Crippen molar-refractivity contribution in [3.05, 3.63) is 77.4 Å². The van der Waals surface area contributed by atoms with Crippen molar-refractivity contribution in [2.45, 2.75) is 26.5 Å². The highest BCUT2D eigenvalue weighted by Gasteiger charge is 2.15. The van der Waals surface area contributed by atoms with Gasteiger partial charge in [0.25, 0.3) is 0 Å². The van der Waals surface area contributed by atoms with Crippen LogP contribution in [0.2, 0.25) is 0 Å². The number of para-hydroxylation sites is 1. The number of ether oxygens (including phenoxy) is 2. The fourth-order valence-corrected chi connectivity index (χ4v) is 3.82. The van der Waals surface area contributed by atoms with Gasteiger partial charge in [-0.05, 0) is 61.4 Å². The number of amides is 2. The number of carboxylic acid groups (broad SMARTS) is 1. The van der Waals surface area contributed by atoms with Gasteiger partial charge < -0.3 is 30.1 Å². The Kier molecular flexibility index (Phi) is 9.88. The molecule has 206 valence electrons. The molecule has 0 aliphatic carbocycles. The van der Waals surface area contributed by atoms with Crippen molar-refractivity contribution in [2.24, 2.45) is 0 Å². The minimum absolute atomic E-state index is 0.0623. The van der Waals surface area contributed by atoms with Gasteiger partial charge in [0, 0.05) is 26.2 Å². The molecule has 10 nitrogen and oxygen atoms in total. The first-order valence-electron chi connectivity index (χ1n) is 12.3. The number of benzene rings is 3. The molecule has 10 heteroatoms. The van der Waals surface area contributed by atoms with Crippen molar-refractivity contribution in [3.8, 4) is 11.5 Å². The summed E-state index contributed by atoms with van der Waals surface area (Å²) in [6, 6.07) is 16.8. The highest BCUT2D eigenvalue weighted by Crippen LogP contribution is 2.29. The molecule has 1 atom stereocenters. The second-order valence-corrected chi connectivity index (χ2v) is 9.17. The number of nitrogens with zero attached hydrogens (tertiary/aromatic N) is 1. The van der Waals surface area contributed by atoms with Gasteiger partial charge in [-0.2, -0.15) is 0 Å². The number of hydrogen-bond acceptors (Lipinski definition) is 7. The van der Waals surface area contributed by atoms with Crippen LogP contribution in [0.1, 0.15) is 28.4 Å². The summed E-state index contributed by atoms with van der Waals surface area (Å²) in [6.07, 6.45) is -0.349. The van der Waals surface area contributed by atoms with Crippen LogP contribution in [0.3, 0.4) is 0 Å². The number of aromatic carboxylic acids is 1. The molecule has 0 spiro atoms. The van der Waals surface area contributed by atoms with Crippen molar-refractivity contribution in [2.75, 3.05) is 43.3 Å². The number of methoxy groups -OCH3 is 1. The molecule has 3 rings (SSSR count). The van der Waals surface area contributed by atoms with Crippen LogP contribution in [-0.2, 0) is 11.2 Å². The average Bonchev–Trinajstić information content (AvgIpc) is 2.89. The van der Waals surface area contributed by atoms with E-state index >= 15 is 0 Å². The van der Waals surface area contributed by atoms with Crippen LogP contribution in [0.15, 0.2) is 60.7 Å². The van der Waals surface area contributed by atoms with Crippen molar-refractivity contribution in [3.63, 3.8) is 0 Å². The molecule has 0 heterocycles. The zero-order valence-corrected chi connectivity index (χ0v) is 22.7. The van der Waals surface area contributed by atoms with Gasteiger partial charge >= 0.3 is 12.0 Å². The quantitative estimate of drug-likeness (QED) is 0.249. The summed E-state index contributed by atoms with van der Waals surface area (Å²) in [5, 5.41) is 17.9. The van der Waals surface area contributed by atoms with Crippen molar-refractivity contribution < 1.29 is 29.0 Å². The average molecular weight is 535 g/mol. The fourth-order valence-electron chi connectivity index (χ4n) is 3.82. The van der Waals surface area contributed by atoms with E-state index in [2.05, 4.69) is 16.0 Å². The molecule has 0 fully saturated rings. The number of aryl methyl sites for hydroxylation is 1. The van der Waals surface area contributed by atoms with E-state index in [9.17, 15) is 19.5 Å². The third-order valence-electron chi connectivity index (χ3n) is 5.89. The first-order chi connectivity index (χ1) is 18.6. The molecule has 2 amide bonds. The van der Waals surface area contributed by atoms with E-state index in [1.807, 2.05) is 31.2 Å². The van der Waals surface area contributed by atoms with Crippen LogP contribution < -0.4 is 30.3 Å². The van der Waals surface area contributed by atoms with Gasteiger partial charge in [0.15, 0.2) is 5.78 Å². The minimum atomic E-state index is -1.02. The molecular formula is C29H34N4O6. The Labute approximate surface area is 227 Å². The normalized spacial score (nSPS) is 11.3. The van der Waals surface area contributed by atoms with Crippen LogP contribution >= 0.6 is 0 Å². The standard InChI is InChI=1S/C29H34N4O6/c1-18-8-6-7-9-23(18)31-29(37)32-24-12-10-20(15-27(24)38-5)14-22(34)17-30-19(2)39-26-13-11-21(28(35)36)16-25(26)33(3)4/h6-13,15-16,19,30H,14,17H2,1-5H3,(H,35,36)(H2,31,32,37). The molecule has 0 saturated heterocycles. The second kappa shape index (κ2) is 13.3. The lowest BCUT2D eigenvalue weighted by molar-refractivity contribution is -0.118. The van der Waals surface area contributed by atoms with Gasteiger partial charge in [0.05, 0.1) is 30.6 Å². The van der Waals surface area contributed by atoms with Gasteiger partial charge in [-0.25, -0.2) is 9.59 Å². The number of carbonyl (C=O) groups excluding carboxylic acids is 2. The molecule has 0 aromatic heterocycles. The van der Waals surface area contributed by atoms with Gasteiger partial charge in [-0.15, -0.1) is 0 Å². The Morgan fingerprint density at radius 1 is 0.949 bits per heavy atom. The summed E-state index contributed by atoms with van der Waals surface area (Å²) in [4.78, 5) is 38.2. The number of Topliss-reactive ketones (excluding diaryl/α,β-unsaturated/α-hetero) is 1. The summed E-state index contributed by atoms with van der Waals surface area (Å²) < 4.78 is 11.3. The zero-order valence-electron chi connectivity index (χ0n) is 22.7. The molecule has 0 aliphatic rings. The molecule has 4 N–H and O–H groups in total. The predicted octanol–water partition coefficient (Wildman–Crippen LogP) is 4.54.